The highest BCUT2D eigenvalue weighted by Crippen LogP contribution is 2.18. The molecule has 0 saturated carbocycles. The normalized spacial score (nSPS) is 17.2. The fourth-order valence-corrected chi connectivity index (χ4v) is 2.57. The van der Waals surface area contributed by atoms with Crippen LogP contribution in [0.3, 0.4) is 0 Å². The maximum Gasteiger partial charge on any atom is 0.408 e. The molecule has 1 N–H and O–H groups in total. The number of rotatable bonds is 3. The first-order chi connectivity index (χ1) is 11.3. The van der Waals surface area contributed by atoms with Crippen LogP contribution < -0.4 is 5.32 Å². The standard InChI is InChI=1S/C18H27N3O3/c1-18(2,3)24-17(23)19-15(14-8-6-5-7-9-14)16(22)21-12-10-20(4)11-13-21/h5-9,15H,10-13H2,1-4H3,(H,19,23). The van der Waals surface area contributed by atoms with Crippen molar-refractivity contribution in [3.05, 3.63) is 35.9 Å². The van der Waals surface area contributed by atoms with Gasteiger partial charge in [-0.3, -0.25) is 4.79 Å². The Morgan fingerprint density at radius 1 is 1.08 bits per heavy atom. The lowest BCUT2D eigenvalue weighted by molar-refractivity contribution is -0.135. The molecular formula is C18H27N3O3. The minimum Gasteiger partial charge on any atom is -0.444 e. The van der Waals surface area contributed by atoms with E-state index in [1.54, 1.807) is 25.7 Å². The number of carbonyl (C=O) groups excluding carboxylic acids is 2. The molecule has 6 nitrogen and oxygen atoms in total. The lowest BCUT2D eigenvalue weighted by Gasteiger charge is -2.35. The lowest BCUT2D eigenvalue weighted by Crippen LogP contribution is -2.51. The zero-order valence-corrected chi connectivity index (χ0v) is 14.9. The molecule has 1 heterocycles. The fraction of sp³-hybridized carbons (Fsp3) is 0.556. The Balaban J connectivity index is 2.14. The second-order valence-corrected chi connectivity index (χ2v) is 7.12. The molecule has 1 saturated heterocycles. The molecule has 1 fully saturated rings. The van der Waals surface area contributed by atoms with Gasteiger partial charge >= 0.3 is 6.09 Å². The summed E-state index contributed by atoms with van der Waals surface area (Å²) in [6.45, 7) is 8.38. The molecule has 0 aromatic heterocycles. The molecule has 24 heavy (non-hydrogen) atoms. The molecule has 6 heteroatoms. The Labute approximate surface area is 143 Å². The summed E-state index contributed by atoms with van der Waals surface area (Å²) >= 11 is 0. The predicted octanol–water partition coefficient (Wildman–Crippen LogP) is 2.03. The third-order valence-electron chi connectivity index (χ3n) is 3.86. The van der Waals surface area contributed by atoms with Crippen molar-refractivity contribution in [1.29, 1.82) is 0 Å². The number of ether oxygens (including phenoxy) is 1. The van der Waals surface area contributed by atoms with E-state index in [1.165, 1.54) is 0 Å². The molecule has 0 spiro atoms. The number of nitrogens with one attached hydrogen (secondary N) is 1. The van der Waals surface area contributed by atoms with Gasteiger partial charge in [0.2, 0.25) is 5.91 Å². The van der Waals surface area contributed by atoms with E-state index in [2.05, 4.69) is 10.2 Å². The van der Waals surface area contributed by atoms with Gasteiger partial charge in [-0.25, -0.2) is 4.79 Å². The summed E-state index contributed by atoms with van der Waals surface area (Å²) in [4.78, 5) is 29.1. The largest absolute Gasteiger partial charge is 0.444 e. The topological polar surface area (TPSA) is 61.9 Å². The number of amides is 2. The van der Waals surface area contributed by atoms with Crippen LogP contribution in [0.5, 0.6) is 0 Å². The zero-order chi connectivity index (χ0) is 17.7. The predicted molar refractivity (Wildman–Crippen MR) is 92.6 cm³/mol. The molecule has 1 aromatic rings. The summed E-state index contributed by atoms with van der Waals surface area (Å²) < 4.78 is 5.32. The second-order valence-electron chi connectivity index (χ2n) is 7.12. The van der Waals surface area contributed by atoms with E-state index in [9.17, 15) is 9.59 Å². The summed E-state index contributed by atoms with van der Waals surface area (Å²) in [5.41, 5.74) is 0.148. The van der Waals surface area contributed by atoms with E-state index >= 15 is 0 Å². The van der Waals surface area contributed by atoms with E-state index in [0.29, 0.717) is 13.1 Å². The average Bonchev–Trinajstić information content (AvgIpc) is 2.52. The van der Waals surface area contributed by atoms with Gasteiger partial charge in [-0.15, -0.1) is 0 Å². The molecule has 2 rings (SSSR count). The van der Waals surface area contributed by atoms with Gasteiger partial charge in [0.05, 0.1) is 0 Å². The van der Waals surface area contributed by atoms with Gasteiger partial charge in [0.1, 0.15) is 11.6 Å². The number of nitrogens with zero attached hydrogens (tertiary/aromatic N) is 2. The van der Waals surface area contributed by atoms with Crippen LogP contribution in [0.1, 0.15) is 32.4 Å². The first kappa shape index (κ1) is 18.3. The molecule has 1 atom stereocenters. The van der Waals surface area contributed by atoms with Crippen LogP contribution in [-0.2, 0) is 9.53 Å². The minimum atomic E-state index is -0.732. The van der Waals surface area contributed by atoms with Crippen molar-refractivity contribution in [3.63, 3.8) is 0 Å². The first-order valence-electron chi connectivity index (χ1n) is 8.28. The molecule has 0 radical (unpaired) electrons. The van der Waals surface area contributed by atoms with Crippen LogP contribution in [0.25, 0.3) is 0 Å². The molecule has 2 amide bonds. The Kier molecular flexibility index (Phi) is 5.83. The molecule has 1 unspecified atom stereocenters. The zero-order valence-electron chi connectivity index (χ0n) is 14.9. The Morgan fingerprint density at radius 2 is 1.67 bits per heavy atom. The number of alkyl carbamates (subject to hydrolysis) is 1. The maximum atomic E-state index is 12.9. The highest BCUT2D eigenvalue weighted by molar-refractivity contribution is 5.87. The molecule has 0 aliphatic carbocycles. The van der Waals surface area contributed by atoms with Crippen LogP contribution in [0.4, 0.5) is 4.79 Å². The number of hydrogen-bond donors (Lipinski definition) is 1. The Bertz CT molecular complexity index is 561. The van der Waals surface area contributed by atoms with Crippen molar-refractivity contribution in [2.45, 2.75) is 32.4 Å². The quantitative estimate of drug-likeness (QED) is 0.919. The van der Waals surface area contributed by atoms with Crippen LogP contribution in [0, 0.1) is 0 Å². The third kappa shape index (κ3) is 5.23. The maximum absolute atomic E-state index is 12.9. The van der Waals surface area contributed by atoms with E-state index in [1.807, 2.05) is 37.4 Å². The van der Waals surface area contributed by atoms with Gasteiger partial charge in [-0.1, -0.05) is 30.3 Å². The lowest BCUT2D eigenvalue weighted by atomic mass is 10.1. The van der Waals surface area contributed by atoms with E-state index in [-0.39, 0.29) is 5.91 Å². The first-order valence-corrected chi connectivity index (χ1v) is 8.28. The number of benzene rings is 1. The summed E-state index contributed by atoms with van der Waals surface area (Å²) in [6.07, 6.45) is -0.584. The summed E-state index contributed by atoms with van der Waals surface area (Å²) in [5, 5.41) is 2.73. The van der Waals surface area contributed by atoms with Gasteiger partial charge in [0.25, 0.3) is 0 Å². The van der Waals surface area contributed by atoms with Crippen molar-refractivity contribution < 1.29 is 14.3 Å². The highest BCUT2D eigenvalue weighted by Gasteiger charge is 2.30. The fourth-order valence-electron chi connectivity index (χ4n) is 2.57. The van der Waals surface area contributed by atoms with Gasteiger partial charge in [-0.2, -0.15) is 0 Å². The van der Waals surface area contributed by atoms with Crippen molar-refractivity contribution in [2.24, 2.45) is 0 Å². The Morgan fingerprint density at radius 3 is 2.21 bits per heavy atom. The Hall–Kier alpha value is -2.08. The van der Waals surface area contributed by atoms with Crippen LogP contribution in [0.2, 0.25) is 0 Å². The van der Waals surface area contributed by atoms with Gasteiger partial charge < -0.3 is 19.9 Å². The number of likely N-dealkylation sites (N-methyl/N-ethyl adjacent to an activating group) is 1. The summed E-state index contributed by atoms with van der Waals surface area (Å²) in [7, 11) is 2.04. The van der Waals surface area contributed by atoms with E-state index in [4.69, 9.17) is 4.74 Å². The van der Waals surface area contributed by atoms with Crippen LogP contribution in [0.15, 0.2) is 30.3 Å². The van der Waals surface area contributed by atoms with Crippen LogP contribution in [-0.4, -0.2) is 60.6 Å². The molecule has 1 aromatic carbocycles. The SMILES string of the molecule is CN1CCN(C(=O)C(NC(=O)OC(C)(C)C)c2ccccc2)CC1. The molecule has 0 bridgehead atoms. The smallest absolute Gasteiger partial charge is 0.408 e. The summed E-state index contributed by atoms with van der Waals surface area (Å²) in [6, 6.07) is 8.55. The molecule has 1 aliphatic rings. The van der Waals surface area contributed by atoms with E-state index in [0.717, 1.165) is 18.7 Å². The average molecular weight is 333 g/mol. The molecule has 132 valence electrons. The van der Waals surface area contributed by atoms with Crippen molar-refractivity contribution in [3.8, 4) is 0 Å². The minimum absolute atomic E-state index is 0.0971. The van der Waals surface area contributed by atoms with Crippen LogP contribution >= 0.6 is 0 Å². The number of piperazine rings is 1. The molecule has 1 aliphatic heterocycles. The third-order valence-corrected chi connectivity index (χ3v) is 3.86. The monoisotopic (exact) mass is 333 g/mol. The molecular weight excluding hydrogens is 306 g/mol. The van der Waals surface area contributed by atoms with Crippen molar-refractivity contribution >= 4 is 12.0 Å². The number of hydrogen-bond acceptors (Lipinski definition) is 4. The van der Waals surface area contributed by atoms with Gasteiger partial charge in [0, 0.05) is 26.2 Å². The van der Waals surface area contributed by atoms with Gasteiger partial charge in [0.15, 0.2) is 0 Å². The number of carbonyl (C=O) groups is 2. The van der Waals surface area contributed by atoms with Crippen molar-refractivity contribution in [2.75, 3.05) is 33.2 Å². The second kappa shape index (κ2) is 7.66. The van der Waals surface area contributed by atoms with Gasteiger partial charge in [-0.05, 0) is 33.4 Å². The summed E-state index contributed by atoms with van der Waals surface area (Å²) in [5.74, 6) is -0.0971. The highest BCUT2D eigenvalue weighted by atomic mass is 16.6. The van der Waals surface area contributed by atoms with E-state index < -0.39 is 17.7 Å². The van der Waals surface area contributed by atoms with Crippen molar-refractivity contribution in [1.82, 2.24) is 15.1 Å².